The van der Waals surface area contributed by atoms with E-state index in [0.717, 1.165) is 28.4 Å². The van der Waals surface area contributed by atoms with Crippen molar-refractivity contribution in [2.45, 2.75) is 0 Å². The van der Waals surface area contributed by atoms with Crippen LogP contribution in [0.15, 0.2) is 48.5 Å². The van der Waals surface area contributed by atoms with Gasteiger partial charge in [0.15, 0.2) is 0 Å². The number of nitrogens with one attached hydrogen (secondary N) is 1. The minimum Gasteiger partial charge on any atom is -0.298 e. The second-order valence-corrected chi connectivity index (χ2v) is 3.86. The van der Waals surface area contributed by atoms with Gasteiger partial charge in [-0.3, -0.25) is 9.89 Å². The fraction of sp³-hybridized carbons (Fsp3) is 0. The smallest absolute Gasteiger partial charge is 0.150 e. The van der Waals surface area contributed by atoms with Crippen LogP contribution in [0, 0.1) is 0 Å². The first-order valence-electron chi connectivity index (χ1n) is 5.37. The SMILES string of the molecule is O=Cc1ccc(-c2n[nH]c3ccccc23)cc1. The maximum atomic E-state index is 10.6. The molecular formula is C14H10N2O. The molecule has 1 heterocycles. The summed E-state index contributed by atoms with van der Waals surface area (Å²) in [4.78, 5) is 10.6. The second-order valence-electron chi connectivity index (χ2n) is 3.86. The Balaban J connectivity index is 2.16. The van der Waals surface area contributed by atoms with Crippen molar-refractivity contribution in [3.05, 3.63) is 54.1 Å². The van der Waals surface area contributed by atoms with Crippen LogP contribution in [0.3, 0.4) is 0 Å². The lowest BCUT2D eigenvalue weighted by atomic mass is 10.1. The molecule has 17 heavy (non-hydrogen) atoms. The first-order valence-corrected chi connectivity index (χ1v) is 5.37. The molecule has 0 spiro atoms. The highest BCUT2D eigenvalue weighted by Gasteiger charge is 2.06. The lowest BCUT2D eigenvalue weighted by Gasteiger charge is -1.98. The van der Waals surface area contributed by atoms with E-state index < -0.39 is 0 Å². The Morgan fingerprint density at radius 1 is 1.00 bits per heavy atom. The number of nitrogens with zero attached hydrogens (tertiary/aromatic N) is 1. The summed E-state index contributed by atoms with van der Waals surface area (Å²) in [6.07, 6.45) is 0.840. The zero-order valence-electron chi connectivity index (χ0n) is 9.05. The van der Waals surface area contributed by atoms with Gasteiger partial charge in [-0.05, 0) is 6.07 Å². The van der Waals surface area contributed by atoms with Crippen molar-refractivity contribution in [1.29, 1.82) is 0 Å². The number of hydrogen-bond donors (Lipinski definition) is 1. The van der Waals surface area contributed by atoms with Crippen molar-refractivity contribution in [3.63, 3.8) is 0 Å². The van der Waals surface area contributed by atoms with Crippen LogP contribution in [0.5, 0.6) is 0 Å². The minimum absolute atomic E-state index is 0.675. The predicted octanol–water partition coefficient (Wildman–Crippen LogP) is 3.04. The van der Waals surface area contributed by atoms with Gasteiger partial charge in [-0.15, -0.1) is 0 Å². The van der Waals surface area contributed by atoms with Crippen molar-refractivity contribution in [2.24, 2.45) is 0 Å². The Hall–Kier alpha value is -2.42. The third kappa shape index (κ3) is 1.61. The number of H-pyrrole nitrogens is 1. The lowest BCUT2D eigenvalue weighted by Crippen LogP contribution is -1.82. The van der Waals surface area contributed by atoms with E-state index in [0.29, 0.717) is 5.56 Å². The number of aromatic nitrogens is 2. The highest BCUT2D eigenvalue weighted by molar-refractivity contribution is 5.93. The van der Waals surface area contributed by atoms with Crippen LogP contribution in [0.2, 0.25) is 0 Å². The molecule has 0 bridgehead atoms. The maximum absolute atomic E-state index is 10.6. The molecule has 3 aromatic rings. The molecule has 82 valence electrons. The molecule has 0 saturated carbocycles. The van der Waals surface area contributed by atoms with Gasteiger partial charge >= 0.3 is 0 Å². The van der Waals surface area contributed by atoms with Crippen LogP contribution in [-0.4, -0.2) is 16.5 Å². The third-order valence-corrected chi connectivity index (χ3v) is 2.79. The van der Waals surface area contributed by atoms with Crippen molar-refractivity contribution in [2.75, 3.05) is 0 Å². The maximum Gasteiger partial charge on any atom is 0.150 e. The van der Waals surface area contributed by atoms with Gasteiger partial charge in [0.25, 0.3) is 0 Å². The van der Waals surface area contributed by atoms with Gasteiger partial charge in [0.2, 0.25) is 0 Å². The number of aromatic amines is 1. The summed E-state index contributed by atoms with van der Waals surface area (Å²) in [5.41, 5.74) is 3.61. The van der Waals surface area contributed by atoms with Crippen LogP contribution in [0.25, 0.3) is 22.2 Å². The topological polar surface area (TPSA) is 45.8 Å². The quantitative estimate of drug-likeness (QED) is 0.677. The molecule has 0 saturated heterocycles. The second kappa shape index (κ2) is 3.87. The van der Waals surface area contributed by atoms with E-state index in [1.165, 1.54) is 0 Å². The van der Waals surface area contributed by atoms with Crippen LogP contribution in [-0.2, 0) is 0 Å². The molecule has 0 unspecified atom stereocenters. The Bertz CT molecular complexity index is 668. The lowest BCUT2D eigenvalue weighted by molar-refractivity contribution is 0.112. The number of aldehydes is 1. The summed E-state index contributed by atoms with van der Waals surface area (Å²) >= 11 is 0. The average molecular weight is 222 g/mol. The molecular weight excluding hydrogens is 212 g/mol. The van der Waals surface area contributed by atoms with Gasteiger partial charge in [-0.25, -0.2) is 0 Å². The Morgan fingerprint density at radius 2 is 1.76 bits per heavy atom. The molecule has 0 amide bonds. The third-order valence-electron chi connectivity index (χ3n) is 2.79. The van der Waals surface area contributed by atoms with Crippen LogP contribution in [0.4, 0.5) is 0 Å². The van der Waals surface area contributed by atoms with Crippen molar-refractivity contribution in [3.8, 4) is 11.3 Å². The fourth-order valence-electron chi connectivity index (χ4n) is 1.90. The standard InChI is InChI=1S/C14H10N2O/c17-9-10-5-7-11(8-6-10)14-12-3-1-2-4-13(12)15-16-14/h1-9H,(H,15,16). The summed E-state index contributed by atoms with van der Waals surface area (Å²) in [7, 11) is 0. The average Bonchev–Trinajstić information content (AvgIpc) is 2.83. The number of hydrogen-bond acceptors (Lipinski definition) is 2. The first kappa shape index (κ1) is 9.78. The predicted molar refractivity (Wildman–Crippen MR) is 66.9 cm³/mol. The van der Waals surface area contributed by atoms with Crippen LogP contribution in [0.1, 0.15) is 10.4 Å². The van der Waals surface area contributed by atoms with Gasteiger partial charge in [0.1, 0.15) is 6.29 Å². The molecule has 3 nitrogen and oxygen atoms in total. The summed E-state index contributed by atoms with van der Waals surface area (Å²) < 4.78 is 0. The molecule has 0 atom stereocenters. The van der Waals surface area contributed by atoms with E-state index in [-0.39, 0.29) is 0 Å². The van der Waals surface area contributed by atoms with E-state index in [1.807, 2.05) is 36.4 Å². The zero-order valence-corrected chi connectivity index (χ0v) is 9.05. The molecule has 3 heteroatoms. The first-order chi connectivity index (χ1) is 8.38. The zero-order chi connectivity index (χ0) is 11.7. The van der Waals surface area contributed by atoms with E-state index in [2.05, 4.69) is 10.2 Å². The number of fused-ring (bicyclic) bond motifs is 1. The molecule has 1 aromatic heterocycles. The number of rotatable bonds is 2. The van der Waals surface area contributed by atoms with Gasteiger partial charge in [0, 0.05) is 16.5 Å². The molecule has 3 rings (SSSR count). The van der Waals surface area contributed by atoms with Gasteiger partial charge in [-0.2, -0.15) is 5.10 Å². The summed E-state index contributed by atoms with van der Waals surface area (Å²) in [6, 6.07) is 15.4. The largest absolute Gasteiger partial charge is 0.298 e. The molecule has 0 fully saturated rings. The molecule has 1 N–H and O–H groups in total. The number of para-hydroxylation sites is 1. The van der Waals surface area contributed by atoms with Crippen LogP contribution < -0.4 is 0 Å². The minimum atomic E-state index is 0.675. The monoisotopic (exact) mass is 222 g/mol. The number of carbonyl (C=O) groups excluding carboxylic acids is 1. The molecule has 2 aromatic carbocycles. The van der Waals surface area contributed by atoms with Gasteiger partial charge < -0.3 is 0 Å². The van der Waals surface area contributed by atoms with Gasteiger partial charge in [-0.1, -0.05) is 42.5 Å². The van der Waals surface area contributed by atoms with Crippen LogP contribution >= 0.6 is 0 Å². The highest BCUT2D eigenvalue weighted by Crippen LogP contribution is 2.25. The molecule has 0 aliphatic carbocycles. The van der Waals surface area contributed by atoms with E-state index in [4.69, 9.17) is 0 Å². The van der Waals surface area contributed by atoms with E-state index >= 15 is 0 Å². The van der Waals surface area contributed by atoms with Crippen molar-refractivity contribution >= 4 is 17.2 Å². The van der Waals surface area contributed by atoms with Crippen molar-refractivity contribution in [1.82, 2.24) is 10.2 Å². The molecule has 0 radical (unpaired) electrons. The van der Waals surface area contributed by atoms with Crippen molar-refractivity contribution < 1.29 is 4.79 Å². The summed E-state index contributed by atoms with van der Waals surface area (Å²) in [5.74, 6) is 0. The van der Waals surface area contributed by atoms with E-state index in [1.54, 1.807) is 12.1 Å². The highest BCUT2D eigenvalue weighted by atomic mass is 16.1. The number of benzene rings is 2. The van der Waals surface area contributed by atoms with E-state index in [9.17, 15) is 4.79 Å². The Labute approximate surface area is 98.1 Å². The normalized spacial score (nSPS) is 10.6. The molecule has 0 aliphatic rings. The fourth-order valence-corrected chi connectivity index (χ4v) is 1.90. The molecule has 0 aliphatic heterocycles. The Kier molecular flexibility index (Phi) is 2.22. The van der Waals surface area contributed by atoms with Gasteiger partial charge in [0.05, 0.1) is 11.2 Å². The summed E-state index contributed by atoms with van der Waals surface area (Å²) in [5, 5.41) is 8.39. The summed E-state index contributed by atoms with van der Waals surface area (Å²) in [6.45, 7) is 0. The Morgan fingerprint density at radius 3 is 2.53 bits per heavy atom. The number of carbonyl (C=O) groups is 1.